The lowest BCUT2D eigenvalue weighted by Gasteiger charge is -2.21. The zero-order chi connectivity index (χ0) is 10.2. The quantitative estimate of drug-likeness (QED) is 0.450. The number of unbranched alkanes of at least 4 members (excludes halogenated alkanes) is 4. The van der Waals surface area contributed by atoms with E-state index in [2.05, 4.69) is 37.8 Å². The summed E-state index contributed by atoms with van der Waals surface area (Å²) in [5.41, 5.74) is 0. The molecule has 0 aliphatic carbocycles. The van der Waals surface area contributed by atoms with Crippen LogP contribution >= 0.6 is 11.8 Å². The number of allylic oxidation sites excluding steroid dienone is 1. The summed E-state index contributed by atoms with van der Waals surface area (Å²) in [6.07, 6.45) is 14.6. The summed E-state index contributed by atoms with van der Waals surface area (Å²) < 4.78 is 0. The van der Waals surface area contributed by atoms with Crippen molar-refractivity contribution in [2.75, 3.05) is 0 Å². The fourth-order valence-corrected chi connectivity index (χ4v) is 3.32. The van der Waals surface area contributed by atoms with E-state index in [1.54, 1.807) is 0 Å². The molecule has 1 heterocycles. The van der Waals surface area contributed by atoms with Gasteiger partial charge in [-0.2, -0.15) is 11.8 Å². The first-order chi connectivity index (χ1) is 6.83. The zero-order valence-electron chi connectivity index (χ0n) is 9.67. The minimum atomic E-state index is 0.754. The van der Waals surface area contributed by atoms with Crippen LogP contribution in [0.1, 0.15) is 58.8 Å². The van der Waals surface area contributed by atoms with E-state index in [0.29, 0.717) is 0 Å². The Labute approximate surface area is 93.5 Å². The molecule has 0 amide bonds. The second-order valence-corrected chi connectivity index (χ2v) is 6.01. The lowest BCUT2D eigenvalue weighted by atomic mass is 10.1. The highest BCUT2D eigenvalue weighted by Crippen LogP contribution is 2.30. The second-order valence-electron chi connectivity index (χ2n) is 4.33. The highest BCUT2D eigenvalue weighted by atomic mass is 32.2. The van der Waals surface area contributed by atoms with Crippen molar-refractivity contribution in [2.24, 2.45) is 0 Å². The van der Waals surface area contributed by atoms with Gasteiger partial charge in [-0.25, -0.2) is 0 Å². The lowest BCUT2D eigenvalue weighted by Crippen LogP contribution is -2.10. The Bertz CT molecular complexity index is 163. The zero-order valence-corrected chi connectivity index (χ0v) is 10.5. The maximum absolute atomic E-state index is 2.37. The van der Waals surface area contributed by atoms with E-state index in [9.17, 15) is 0 Å². The predicted molar refractivity (Wildman–Crippen MR) is 68.0 cm³/mol. The summed E-state index contributed by atoms with van der Waals surface area (Å²) >= 11 is 2.16. The summed E-state index contributed by atoms with van der Waals surface area (Å²) in [5.74, 6) is 0. The van der Waals surface area contributed by atoms with E-state index in [1.165, 1.54) is 44.9 Å². The molecular weight excluding hydrogens is 188 g/mol. The molecule has 82 valence electrons. The Morgan fingerprint density at radius 1 is 1.21 bits per heavy atom. The average molecular weight is 212 g/mol. The summed E-state index contributed by atoms with van der Waals surface area (Å²) in [5, 5.41) is 1.67. The van der Waals surface area contributed by atoms with Gasteiger partial charge >= 0.3 is 0 Å². The van der Waals surface area contributed by atoms with Gasteiger partial charge in [-0.1, -0.05) is 51.2 Å². The minimum Gasteiger partial charge on any atom is -0.151 e. The summed E-state index contributed by atoms with van der Waals surface area (Å²) in [4.78, 5) is 0. The molecule has 1 rings (SSSR count). The van der Waals surface area contributed by atoms with Gasteiger partial charge in [-0.15, -0.1) is 0 Å². The molecule has 1 aliphatic heterocycles. The molecule has 2 atom stereocenters. The smallest absolute Gasteiger partial charge is 0.0201 e. The van der Waals surface area contributed by atoms with Crippen LogP contribution in [0.25, 0.3) is 0 Å². The van der Waals surface area contributed by atoms with Gasteiger partial charge in [0.05, 0.1) is 0 Å². The SMILES string of the molecule is CCCCCCCC1CC=CC(C)S1. The number of hydrogen-bond acceptors (Lipinski definition) is 1. The van der Waals surface area contributed by atoms with E-state index in [-0.39, 0.29) is 0 Å². The molecule has 1 aliphatic rings. The standard InChI is InChI=1S/C13H24S/c1-3-4-5-6-7-10-13-11-8-9-12(2)14-13/h8-9,12-13H,3-7,10-11H2,1-2H3. The van der Waals surface area contributed by atoms with Crippen LogP contribution in [0, 0.1) is 0 Å². The van der Waals surface area contributed by atoms with Crippen LogP contribution in [0.5, 0.6) is 0 Å². The largest absolute Gasteiger partial charge is 0.151 e. The first-order valence-electron chi connectivity index (χ1n) is 6.15. The topological polar surface area (TPSA) is 0 Å². The Morgan fingerprint density at radius 2 is 2.00 bits per heavy atom. The molecule has 0 fully saturated rings. The van der Waals surface area contributed by atoms with Gasteiger partial charge in [0.25, 0.3) is 0 Å². The molecule has 0 saturated carbocycles. The van der Waals surface area contributed by atoms with Gasteiger partial charge in [-0.05, 0) is 19.8 Å². The van der Waals surface area contributed by atoms with Crippen LogP contribution in [-0.4, -0.2) is 10.5 Å². The van der Waals surface area contributed by atoms with E-state index < -0.39 is 0 Å². The maximum atomic E-state index is 2.37. The van der Waals surface area contributed by atoms with E-state index in [4.69, 9.17) is 0 Å². The molecule has 1 heteroatoms. The van der Waals surface area contributed by atoms with E-state index >= 15 is 0 Å². The van der Waals surface area contributed by atoms with Gasteiger partial charge in [-0.3, -0.25) is 0 Å². The van der Waals surface area contributed by atoms with Crippen LogP contribution in [-0.2, 0) is 0 Å². The van der Waals surface area contributed by atoms with Crippen LogP contribution in [0.15, 0.2) is 12.2 Å². The summed E-state index contributed by atoms with van der Waals surface area (Å²) in [7, 11) is 0. The summed E-state index contributed by atoms with van der Waals surface area (Å²) in [6.45, 7) is 4.59. The fourth-order valence-electron chi connectivity index (χ4n) is 1.99. The predicted octanol–water partition coefficient (Wildman–Crippen LogP) is 4.80. The maximum Gasteiger partial charge on any atom is 0.0201 e. The number of hydrogen-bond donors (Lipinski definition) is 0. The third-order valence-electron chi connectivity index (χ3n) is 2.84. The van der Waals surface area contributed by atoms with Crippen molar-refractivity contribution in [3.63, 3.8) is 0 Å². The van der Waals surface area contributed by atoms with Crippen LogP contribution in [0.2, 0.25) is 0 Å². The van der Waals surface area contributed by atoms with Crippen molar-refractivity contribution in [1.29, 1.82) is 0 Å². The van der Waals surface area contributed by atoms with Crippen molar-refractivity contribution < 1.29 is 0 Å². The normalized spacial score (nSPS) is 26.7. The molecule has 0 aromatic rings. The molecule has 0 aromatic heterocycles. The monoisotopic (exact) mass is 212 g/mol. The second kappa shape index (κ2) is 7.39. The molecule has 2 unspecified atom stereocenters. The van der Waals surface area contributed by atoms with Gasteiger partial charge < -0.3 is 0 Å². The van der Waals surface area contributed by atoms with Crippen molar-refractivity contribution in [1.82, 2.24) is 0 Å². The first-order valence-corrected chi connectivity index (χ1v) is 7.09. The number of rotatable bonds is 6. The highest BCUT2D eigenvalue weighted by molar-refractivity contribution is 8.00. The van der Waals surface area contributed by atoms with E-state index in [0.717, 1.165) is 10.5 Å². The Kier molecular flexibility index (Phi) is 6.42. The third-order valence-corrected chi connectivity index (χ3v) is 4.24. The third kappa shape index (κ3) is 5.09. The molecular formula is C13H24S. The molecule has 0 nitrogen and oxygen atoms in total. The van der Waals surface area contributed by atoms with Crippen LogP contribution in [0.4, 0.5) is 0 Å². The Morgan fingerprint density at radius 3 is 2.71 bits per heavy atom. The minimum absolute atomic E-state index is 0.754. The van der Waals surface area contributed by atoms with Gasteiger partial charge in [0.1, 0.15) is 0 Å². The molecule has 0 saturated heterocycles. The molecule has 14 heavy (non-hydrogen) atoms. The van der Waals surface area contributed by atoms with Crippen molar-refractivity contribution >= 4 is 11.8 Å². The molecule has 0 radical (unpaired) electrons. The van der Waals surface area contributed by atoms with Gasteiger partial charge in [0, 0.05) is 10.5 Å². The highest BCUT2D eigenvalue weighted by Gasteiger charge is 2.14. The average Bonchev–Trinajstić information content (AvgIpc) is 2.18. The molecule has 0 N–H and O–H groups in total. The Hall–Kier alpha value is 0.0900. The van der Waals surface area contributed by atoms with Crippen LogP contribution < -0.4 is 0 Å². The van der Waals surface area contributed by atoms with E-state index in [1.807, 2.05) is 0 Å². The first kappa shape index (κ1) is 12.2. The van der Waals surface area contributed by atoms with Gasteiger partial charge in [0.2, 0.25) is 0 Å². The van der Waals surface area contributed by atoms with Crippen LogP contribution in [0.3, 0.4) is 0 Å². The summed E-state index contributed by atoms with van der Waals surface area (Å²) in [6, 6.07) is 0. The van der Waals surface area contributed by atoms with Crippen molar-refractivity contribution in [2.45, 2.75) is 69.3 Å². The van der Waals surface area contributed by atoms with Crippen molar-refractivity contribution in [3.05, 3.63) is 12.2 Å². The van der Waals surface area contributed by atoms with Crippen molar-refractivity contribution in [3.8, 4) is 0 Å². The Balaban J connectivity index is 1.99. The molecule has 0 aromatic carbocycles. The molecule has 0 spiro atoms. The lowest BCUT2D eigenvalue weighted by molar-refractivity contribution is 0.596. The molecule has 0 bridgehead atoms. The van der Waals surface area contributed by atoms with Gasteiger partial charge in [0.15, 0.2) is 0 Å². The fraction of sp³-hybridized carbons (Fsp3) is 0.846. The number of thioether (sulfide) groups is 1.